The summed E-state index contributed by atoms with van der Waals surface area (Å²) in [5, 5.41) is 0.176. The Kier molecular flexibility index (Phi) is 6.86. The minimum absolute atomic E-state index is 0.0130. The molecule has 0 radical (unpaired) electrons. The van der Waals surface area contributed by atoms with Crippen molar-refractivity contribution in [3.8, 4) is 0 Å². The zero-order chi connectivity index (χ0) is 18.6. The molecule has 1 fully saturated rings. The minimum Gasteiger partial charge on any atom is -0.294 e. The predicted octanol–water partition coefficient (Wildman–Crippen LogP) is 5.32. The molecule has 5 heteroatoms. The first kappa shape index (κ1) is 20.2. The van der Waals surface area contributed by atoms with E-state index in [-0.39, 0.29) is 21.6 Å². The second-order valence-corrected chi connectivity index (χ2v) is 9.31. The molecule has 0 atom stereocenters. The highest BCUT2D eigenvalue weighted by atomic mass is 35.5. The van der Waals surface area contributed by atoms with E-state index in [4.69, 9.17) is 11.6 Å². The lowest BCUT2D eigenvalue weighted by molar-refractivity contribution is -0.117. The molecule has 25 heavy (non-hydrogen) atoms. The Balaban J connectivity index is 2.48. The molecule has 1 aliphatic carbocycles. The summed E-state index contributed by atoms with van der Waals surface area (Å²) in [6.45, 7) is 4.05. The van der Waals surface area contributed by atoms with Crippen LogP contribution in [0.25, 0.3) is 5.57 Å². The van der Waals surface area contributed by atoms with Crippen LogP contribution in [0.2, 0.25) is 5.02 Å². The first-order valence-electron chi connectivity index (χ1n) is 9.03. The predicted molar refractivity (Wildman–Crippen MR) is 104 cm³/mol. The van der Waals surface area contributed by atoms with Crippen molar-refractivity contribution in [2.75, 3.05) is 6.26 Å². The van der Waals surface area contributed by atoms with E-state index in [2.05, 4.69) is 6.08 Å². The lowest BCUT2D eigenvalue weighted by Crippen LogP contribution is -2.15. The van der Waals surface area contributed by atoms with Crippen LogP contribution < -0.4 is 0 Å². The Morgan fingerprint density at radius 3 is 2.32 bits per heavy atom. The third kappa shape index (κ3) is 4.95. The summed E-state index contributed by atoms with van der Waals surface area (Å²) in [6, 6.07) is 4.85. The highest BCUT2D eigenvalue weighted by Crippen LogP contribution is 2.33. The van der Waals surface area contributed by atoms with E-state index in [1.165, 1.54) is 18.9 Å². The van der Waals surface area contributed by atoms with Crippen LogP contribution >= 0.6 is 11.6 Å². The van der Waals surface area contributed by atoms with Crippen molar-refractivity contribution in [1.82, 2.24) is 0 Å². The number of hydrogen-bond donors (Lipinski definition) is 0. The number of hydrogen-bond acceptors (Lipinski definition) is 3. The van der Waals surface area contributed by atoms with Crippen LogP contribution in [0.4, 0.5) is 0 Å². The molecule has 0 aromatic heterocycles. The van der Waals surface area contributed by atoms with Crippen molar-refractivity contribution in [3.05, 3.63) is 34.9 Å². The van der Waals surface area contributed by atoms with Gasteiger partial charge in [0.1, 0.15) is 0 Å². The van der Waals surface area contributed by atoms with Gasteiger partial charge in [-0.25, -0.2) is 8.42 Å². The highest BCUT2D eigenvalue weighted by molar-refractivity contribution is 7.90. The van der Waals surface area contributed by atoms with Gasteiger partial charge in [0, 0.05) is 17.7 Å². The second-order valence-electron chi connectivity index (χ2n) is 6.92. The van der Waals surface area contributed by atoms with E-state index in [9.17, 15) is 13.2 Å². The van der Waals surface area contributed by atoms with Gasteiger partial charge in [0.15, 0.2) is 15.6 Å². The van der Waals surface area contributed by atoms with Gasteiger partial charge in [-0.1, -0.05) is 50.4 Å². The van der Waals surface area contributed by atoms with Crippen molar-refractivity contribution in [3.63, 3.8) is 0 Å². The Morgan fingerprint density at radius 2 is 1.84 bits per heavy atom. The average Bonchev–Trinajstić information content (AvgIpc) is 3.05. The number of carbonyl (C=O) groups excluding carboxylic acids is 1. The van der Waals surface area contributed by atoms with E-state index in [0.717, 1.165) is 37.5 Å². The van der Waals surface area contributed by atoms with Crippen LogP contribution in [-0.2, 0) is 14.6 Å². The zero-order valence-electron chi connectivity index (χ0n) is 15.2. The molecule has 0 unspecified atom stereocenters. The summed E-state index contributed by atoms with van der Waals surface area (Å²) in [5.41, 5.74) is 1.42. The topological polar surface area (TPSA) is 51.2 Å². The van der Waals surface area contributed by atoms with Gasteiger partial charge in [-0.2, -0.15) is 0 Å². The van der Waals surface area contributed by atoms with Gasteiger partial charge >= 0.3 is 0 Å². The van der Waals surface area contributed by atoms with Gasteiger partial charge in [0.2, 0.25) is 0 Å². The molecule has 1 aliphatic rings. The average molecular weight is 383 g/mol. The monoisotopic (exact) mass is 382 g/mol. The largest absolute Gasteiger partial charge is 0.294 e. The van der Waals surface area contributed by atoms with E-state index < -0.39 is 9.84 Å². The van der Waals surface area contributed by atoms with Crippen molar-refractivity contribution >= 4 is 32.8 Å². The lowest BCUT2D eigenvalue weighted by atomic mass is 9.87. The maximum atomic E-state index is 13.1. The fraction of sp³-hybridized carbons (Fsp3) is 0.550. The smallest absolute Gasteiger partial charge is 0.176 e. The number of halogens is 1. The summed E-state index contributed by atoms with van der Waals surface area (Å²) in [6.07, 6.45) is 9.43. The first-order valence-corrected chi connectivity index (χ1v) is 11.3. The van der Waals surface area contributed by atoms with Gasteiger partial charge < -0.3 is 0 Å². The third-order valence-electron chi connectivity index (χ3n) is 5.07. The SMILES string of the molecule is CCC(CC)C(=O)/C(=C/C1CCCC1)c1ccc(S(C)(=O)=O)c(Cl)c1. The van der Waals surface area contributed by atoms with Gasteiger partial charge in [-0.3, -0.25) is 4.79 Å². The summed E-state index contributed by atoms with van der Waals surface area (Å²) >= 11 is 6.21. The number of ketones is 1. The van der Waals surface area contributed by atoms with Crippen molar-refractivity contribution < 1.29 is 13.2 Å². The molecule has 0 amide bonds. The maximum absolute atomic E-state index is 13.1. The second kappa shape index (κ2) is 8.50. The van der Waals surface area contributed by atoms with Crippen molar-refractivity contribution in [2.24, 2.45) is 11.8 Å². The van der Waals surface area contributed by atoms with E-state index in [1.54, 1.807) is 12.1 Å². The van der Waals surface area contributed by atoms with E-state index in [0.29, 0.717) is 11.5 Å². The number of rotatable bonds is 7. The summed E-state index contributed by atoms with van der Waals surface area (Å²) in [5.74, 6) is 0.544. The van der Waals surface area contributed by atoms with Crippen LogP contribution in [-0.4, -0.2) is 20.5 Å². The van der Waals surface area contributed by atoms with Crippen LogP contribution in [0, 0.1) is 11.8 Å². The number of Topliss-reactive ketones (excluding diaryl/α,β-unsaturated/α-hetero) is 1. The van der Waals surface area contributed by atoms with Crippen molar-refractivity contribution in [1.29, 1.82) is 0 Å². The third-order valence-corrected chi connectivity index (χ3v) is 6.65. The summed E-state index contributed by atoms with van der Waals surface area (Å²) in [7, 11) is -3.38. The highest BCUT2D eigenvalue weighted by Gasteiger charge is 2.24. The van der Waals surface area contributed by atoms with Crippen molar-refractivity contribution in [2.45, 2.75) is 57.3 Å². The molecular weight excluding hydrogens is 356 g/mol. The van der Waals surface area contributed by atoms with Crippen LogP contribution in [0.5, 0.6) is 0 Å². The molecule has 0 bridgehead atoms. The summed E-state index contributed by atoms with van der Waals surface area (Å²) in [4.78, 5) is 13.2. The standard InChI is InChI=1S/C20H27ClO3S/c1-4-15(5-2)20(22)17(12-14-8-6-7-9-14)16-10-11-19(18(21)13-16)25(3,23)24/h10-15H,4-9H2,1-3H3/b17-12+. The molecular formula is C20H27ClO3S. The number of benzene rings is 1. The maximum Gasteiger partial charge on any atom is 0.176 e. The minimum atomic E-state index is -3.38. The molecule has 1 aromatic carbocycles. The molecule has 1 aromatic rings. The summed E-state index contributed by atoms with van der Waals surface area (Å²) < 4.78 is 23.6. The Hall–Kier alpha value is -1.13. The van der Waals surface area contributed by atoms with Gasteiger partial charge in [0.25, 0.3) is 0 Å². The van der Waals surface area contributed by atoms with Gasteiger partial charge in [-0.05, 0) is 49.3 Å². The lowest BCUT2D eigenvalue weighted by Gasteiger charge is -2.17. The normalized spacial score (nSPS) is 16.6. The number of allylic oxidation sites excluding steroid dienone is 2. The van der Waals surface area contributed by atoms with Crippen LogP contribution in [0.3, 0.4) is 0 Å². The van der Waals surface area contributed by atoms with Gasteiger partial charge in [-0.15, -0.1) is 0 Å². The molecule has 0 spiro atoms. The van der Waals surface area contributed by atoms with Crippen LogP contribution in [0.1, 0.15) is 57.9 Å². The fourth-order valence-electron chi connectivity index (χ4n) is 3.53. The Morgan fingerprint density at radius 1 is 1.24 bits per heavy atom. The fourth-order valence-corrected chi connectivity index (χ4v) is 4.86. The van der Waals surface area contributed by atoms with Gasteiger partial charge in [0.05, 0.1) is 9.92 Å². The molecule has 0 heterocycles. The molecule has 1 saturated carbocycles. The Labute approximate surface area is 156 Å². The zero-order valence-corrected chi connectivity index (χ0v) is 16.8. The molecule has 2 rings (SSSR count). The first-order chi connectivity index (χ1) is 11.8. The number of sulfone groups is 1. The molecule has 138 valence electrons. The number of carbonyl (C=O) groups is 1. The van der Waals surface area contributed by atoms with Crippen LogP contribution in [0.15, 0.2) is 29.2 Å². The molecule has 0 N–H and O–H groups in total. The van der Waals surface area contributed by atoms with E-state index in [1.807, 2.05) is 13.8 Å². The molecule has 3 nitrogen and oxygen atoms in total. The quantitative estimate of drug-likeness (QED) is 0.599. The molecule has 0 aliphatic heterocycles. The molecule has 0 saturated heterocycles. The van der Waals surface area contributed by atoms with E-state index >= 15 is 0 Å². The Bertz CT molecular complexity index is 755.